The highest BCUT2D eigenvalue weighted by molar-refractivity contribution is 6.05. The fraction of sp³-hybridized carbons (Fsp3) is 0.292. The minimum Gasteiger partial charge on any atom is -0.351 e. The first-order valence-electron chi connectivity index (χ1n) is 11.0. The number of amides is 3. The number of fused-ring (bicyclic) bond motifs is 1. The van der Waals surface area contributed by atoms with Gasteiger partial charge in [-0.25, -0.2) is 18.4 Å². The number of urea groups is 1. The number of halogens is 5. The highest BCUT2D eigenvalue weighted by Gasteiger charge is 2.40. The lowest BCUT2D eigenvalue weighted by Crippen LogP contribution is -2.43. The van der Waals surface area contributed by atoms with Crippen LogP contribution in [0.25, 0.3) is 10.9 Å². The highest BCUT2D eigenvalue weighted by atomic mass is 19.4. The monoisotopic (exact) mass is 508 g/mol. The van der Waals surface area contributed by atoms with Crippen molar-refractivity contribution in [1.82, 2.24) is 9.47 Å². The molecule has 36 heavy (non-hydrogen) atoms. The molecule has 4 rings (SSSR count). The maximum atomic E-state index is 14.3. The van der Waals surface area contributed by atoms with Crippen LogP contribution in [0.3, 0.4) is 0 Å². The maximum absolute atomic E-state index is 14.3. The Kier molecular flexibility index (Phi) is 6.70. The molecule has 1 aliphatic heterocycles. The van der Waals surface area contributed by atoms with Gasteiger partial charge in [-0.3, -0.25) is 9.36 Å². The number of primary amides is 1. The van der Waals surface area contributed by atoms with E-state index in [4.69, 9.17) is 5.73 Å². The number of carbonyl (C=O) groups excluding carboxylic acids is 3. The number of hydrogen-bond donors (Lipinski definition) is 2. The number of aromatic nitrogens is 1. The molecule has 1 aromatic heterocycles. The number of para-hydroxylation sites is 1. The highest BCUT2D eigenvalue weighted by Crippen LogP contribution is 2.33. The van der Waals surface area contributed by atoms with Crippen molar-refractivity contribution in [2.45, 2.75) is 37.7 Å². The first-order chi connectivity index (χ1) is 17.0. The number of aryl methyl sites for hydroxylation is 1. The van der Waals surface area contributed by atoms with Crippen LogP contribution in [0.15, 0.2) is 48.7 Å². The van der Waals surface area contributed by atoms with Crippen LogP contribution in [0.4, 0.5) is 37.2 Å². The summed E-state index contributed by atoms with van der Waals surface area (Å²) in [6.07, 6.45) is -6.10. The van der Waals surface area contributed by atoms with E-state index in [2.05, 4.69) is 5.32 Å². The molecule has 2 aromatic carbocycles. The van der Waals surface area contributed by atoms with Gasteiger partial charge in [-0.05, 0) is 24.1 Å². The predicted molar refractivity (Wildman–Crippen MR) is 121 cm³/mol. The minimum atomic E-state index is -4.89. The standard InChI is InChI=1S/C24H21F5N4O3/c25-14-10-19(20(34)9-8-13-4-3-6-16(21(13)26)24(27,28)29)33(11-14)23(36)31-17-12-32(22(30)35)18-7-2-1-5-15(17)18/h1-7,12,14,19H,8-11H2,(H2,30,35)(H,31,36)/t14-,19+/m1/s1. The van der Waals surface area contributed by atoms with Gasteiger partial charge in [0.25, 0.3) is 0 Å². The average Bonchev–Trinajstić information content (AvgIpc) is 3.38. The molecule has 1 saturated heterocycles. The van der Waals surface area contributed by atoms with Gasteiger partial charge in [0.15, 0.2) is 5.78 Å². The third-order valence-electron chi connectivity index (χ3n) is 6.10. The van der Waals surface area contributed by atoms with Crippen molar-refractivity contribution in [2.75, 3.05) is 11.9 Å². The van der Waals surface area contributed by atoms with Crippen LogP contribution in [0.2, 0.25) is 0 Å². The second-order valence-electron chi connectivity index (χ2n) is 8.44. The summed E-state index contributed by atoms with van der Waals surface area (Å²) in [5.41, 5.74) is 4.28. The normalized spacial score (nSPS) is 18.0. The smallest absolute Gasteiger partial charge is 0.351 e. The van der Waals surface area contributed by atoms with Gasteiger partial charge < -0.3 is 16.0 Å². The molecule has 0 saturated carbocycles. The summed E-state index contributed by atoms with van der Waals surface area (Å²) in [6, 6.07) is 6.62. The number of rotatable bonds is 5. The zero-order chi connectivity index (χ0) is 26.2. The van der Waals surface area contributed by atoms with E-state index >= 15 is 0 Å². The van der Waals surface area contributed by atoms with Gasteiger partial charge in [-0.2, -0.15) is 13.2 Å². The molecule has 3 amide bonds. The number of Topliss-reactive ketones (excluding diaryl/α,β-unsaturated/α-hetero) is 1. The van der Waals surface area contributed by atoms with E-state index in [9.17, 15) is 36.3 Å². The summed E-state index contributed by atoms with van der Waals surface area (Å²) in [5, 5.41) is 3.06. The van der Waals surface area contributed by atoms with E-state index in [0.29, 0.717) is 17.0 Å². The molecule has 1 fully saturated rings. The van der Waals surface area contributed by atoms with Crippen molar-refractivity contribution in [2.24, 2.45) is 5.73 Å². The molecule has 3 N–H and O–H groups in total. The molecule has 190 valence electrons. The Bertz CT molecular complexity index is 1340. The Morgan fingerprint density at radius 2 is 1.81 bits per heavy atom. The Labute approximate surface area is 201 Å². The van der Waals surface area contributed by atoms with E-state index < -0.39 is 47.6 Å². The molecule has 0 bridgehead atoms. The quantitative estimate of drug-likeness (QED) is 0.481. The Hall–Kier alpha value is -3.96. The average molecular weight is 508 g/mol. The molecule has 0 unspecified atom stereocenters. The zero-order valence-electron chi connectivity index (χ0n) is 18.7. The number of benzene rings is 2. The summed E-state index contributed by atoms with van der Waals surface area (Å²) < 4.78 is 68.5. The van der Waals surface area contributed by atoms with E-state index in [-0.39, 0.29) is 37.1 Å². The Morgan fingerprint density at radius 1 is 1.08 bits per heavy atom. The van der Waals surface area contributed by atoms with Crippen LogP contribution < -0.4 is 11.1 Å². The first kappa shape index (κ1) is 25.1. The maximum Gasteiger partial charge on any atom is 0.419 e. The molecule has 7 nitrogen and oxygen atoms in total. The van der Waals surface area contributed by atoms with E-state index in [1.165, 1.54) is 6.20 Å². The van der Waals surface area contributed by atoms with E-state index in [0.717, 1.165) is 21.6 Å². The third-order valence-corrected chi connectivity index (χ3v) is 6.10. The molecule has 12 heteroatoms. The number of carbonyl (C=O) groups is 3. The van der Waals surface area contributed by atoms with Gasteiger partial charge in [0.1, 0.15) is 12.0 Å². The number of likely N-dealkylation sites (tertiary alicyclic amines) is 1. The van der Waals surface area contributed by atoms with Gasteiger partial charge in [0, 0.05) is 24.4 Å². The molecule has 0 aliphatic carbocycles. The van der Waals surface area contributed by atoms with Crippen molar-refractivity contribution in [3.63, 3.8) is 0 Å². The third kappa shape index (κ3) is 4.88. The number of hydrogen-bond acceptors (Lipinski definition) is 3. The van der Waals surface area contributed by atoms with Gasteiger partial charge >= 0.3 is 18.2 Å². The molecule has 3 aromatic rings. The number of nitrogens with one attached hydrogen (secondary N) is 1. The van der Waals surface area contributed by atoms with Crippen LogP contribution >= 0.6 is 0 Å². The van der Waals surface area contributed by atoms with E-state index in [1.54, 1.807) is 24.3 Å². The summed E-state index contributed by atoms with van der Waals surface area (Å²) in [6.45, 7) is -0.380. The molecule has 0 radical (unpaired) electrons. The second-order valence-corrected chi connectivity index (χ2v) is 8.44. The topological polar surface area (TPSA) is 97.4 Å². The van der Waals surface area contributed by atoms with Crippen molar-refractivity contribution < 1.29 is 36.3 Å². The first-order valence-corrected chi connectivity index (χ1v) is 11.0. The van der Waals surface area contributed by atoms with Gasteiger partial charge in [-0.1, -0.05) is 30.3 Å². The summed E-state index contributed by atoms with van der Waals surface area (Å²) >= 11 is 0. The molecule has 2 heterocycles. The second kappa shape index (κ2) is 9.59. The SMILES string of the molecule is NC(=O)n1cc(NC(=O)N2C[C@H](F)C[C@H]2C(=O)CCc2cccc(C(F)(F)F)c2F)c2ccccc21. The molecule has 1 aliphatic rings. The van der Waals surface area contributed by atoms with E-state index in [1.807, 2.05) is 0 Å². The zero-order valence-corrected chi connectivity index (χ0v) is 18.7. The molecular weight excluding hydrogens is 487 g/mol. The summed E-state index contributed by atoms with van der Waals surface area (Å²) in [7, 11) is 0. The van der Waals surface area contributed by atoms with Crippen molar-refractivity contribution in [3.05, 3.63) is 65.6 Å². The van der Waals surface area contributed by atoms with Crippen LogP contribution in [-0.4, -0.2) is 46.1 Å². The minimum absolute atomic E-state index is 0.217. The van der Waals surface area contributed by atoms with Crippen LogP contribution in [-0.2, 0) is 17.4 Å². The lowest BCUT2D eigenvalue weighted by Gasteiger charge is -2.23. The number of anilines is 1. The van der Waals surface area contributed by atoms with Crippen LogP contribution in [0.5, 0.6) is 0 Å². The Morgan fingerprint density at radius 3 is 2.50 bits per heavy atom. The predicted octanol–water partition coefficient (Wildman–Crippen LogP) is 4.87. The van der Waals surface area contributed by atoms with Gasteiger partial charge in [0.05, 0.1) is 29.4 Å². The number of alkyl halides is 4. The van der Waals surface area contributed by atoms with Crippen molar-refractivity contribution in [3.8, 4) is 0 Å². The number of ketones is 1. The largest absolute Gasteiger partial charge is 0.419 e. The lowest BCUT2D eigenvalue weighted by atomic mass is 9.99. The van der Waals surface area contributed by atoms with Crippen LogP contribution in [0.1, 0.15) is 24.0 Å². The van der Waals surface area contributed by atoms with Gasteiger partial charge in [0.2, 0.25) is 0 Å². The lowest BCUT2D eigenvalue weighted by molar-refractivity contribution is -0.140. The van der Waals surface area contributed by atoms with Crippen LogP contribution in [0, 0.1) is 5.82 Å². The molecule has 0 spiro atoms. The summed E-state index contributed by atoms with van der Waals surface area (Å²) in [4.78, 5) is 38.5. The fourth-order valence-electron chi connectivity index (χ4n) is 4.38. The number of nitrogens with two attached hydrogens (primary N) is 1. The van der Waals surface area contributed by atoms with Crippen molar-refractivity contribution in [1.29, 1.82) is 0 Å². The Balaban J connectivity index is 1.49. The molecular formula is C24H21F5N4O3. The number of nitrogens with zero attached hydrogens (tertiary/aromatic N) is 2. The van der Waals surface area contributed by atoms with Crippen molar-refractivity contribution >= 4 is 34.4 Å². The summed E-state index contributed by atoms with van der Waals surface area (Å²) in [5.74, 6) is -2.07. The van der Waals surface area contributed by atoms with Gasteiger partial charge in [-0.15, -0.1) is 0 Å². The molecule has 2 atom stereocenters. The fourth-order valence-corrected chi connectivity index (χ4v) is 4.38.